The molecule has 3 aliphatic heterocycles. The predicted octanol–water partition coefficient (Wildman–Crippen LogP) is 7.34. The quantitative estimate of drug-likeness (QED) is 0.117. The zero-order chi connectivity index (χ0) is 34.3. The van der Waals surface area contributed by atoms with Crippen LogP contribution in [0.3, 0.4) is 0 Å². The molecule has 2 aromatic heterocycles. The number of fused-ring (bicyclic) bond motifs is 2. The molecule has 5 heterocycles. The largest absolute Gasteiger partial charge is 0.470 e. The summed E-state index contributed by atoms with van der Waals surface area (Å²) < 4.78 is 39.8. The predicted molar refractivity (Wildman–Crippen MR) is 195 cm³/mol. The van der Waals surface area contributed by atoms with Crippen molar-refractivity contribution in [3.8, 4) is 17.1 Å². The Hall–Kier alpha value is -2.77. The number of benzene rings is 1. The SMILES string of the molecule is [C-]#[N+]c1cc2c(cc(O[C@@H]3CO[C@H]4[C@@H]3OC[C@H]4O[Si](C)(C)C(C)(C)C)n2COCC[Si](C)(C)C)nc1-c1ccc(N2CCOCC2)cc1. The number of anilines is 1. The van der Waals surface area contributed by atoms with Gasteiger partial charge in [0.1, 0.15) is 18.9 Å². The molecule has 3 fully saturated rings. The number of hydrogen-bond acceptors (Lipinski definition) is 8. The number of pyridine rings is 1. The lowest BCUT2D eigenvalue weighted by molar-refractivity contribution is 0.00859. The molecule has 3 aromatic rings. The Balaban J connectivity index is 1.27. The summed E-state index contributed by atoms with van der Waals surface area (Å²) in [5.74, 6) is 0.632. The number of hydrogen-bond donors (Lipinski definition) is 0. The third-order valence-electron chi connectivity index (χ3n) is 10.2. The van der Waals surface area contributed by atoms with Crippen molar-refractivity contribution in [3.05, 3.63) is 47.8 Å². The molecule has 0 saturated carbocycles. The smallest absolute Gasteiger partial charge is 0.215 e. The van der Waals surface area contributed by atoms with Crippen LogP contribution in [0.4, 0.5) is 11.4 Å². The van der Waals surface area contributed by atoms with Gasteiger partial charge in [0.25, 0.3) is 0 Å². The maximum absolute atomic E-state index is 8.06. The standard InChI is InChI=1S/C36H52N4O6Si2/c1-36(2,3)48(8,9)46-31-23-44-34-30(22-43-35(31)34)45-32-21-27-29(40(32)24-42-18-19-47(5,6)7)20-28(37-4)33(38-27)25-10-12-26(13-11-25)39-14-16-41-17-15-39/h10-13,20-21,30-31,34-35H,14-19,22-24H2,1-3,5-9H3/t30-,31-,34-,35-/m1/s1. The van der Waals surface area contributed by atoms with E-state index in [9.17, 15) is 0 Å². The molecule has 3 aliphatic rings. The molecule has 0 radical (unpaired) electrons. The van der Waals surface area contributed by atoms with Crippen molar-refractivity contribution < 1.29 is 28.1 Å². The Morgan fingerprint density at radius 1 is 0.958 bits per heavy atom. The summed E-state index contributed by atoms with van der Waals surface area (Å²) in [6.07, 6.45) is -0.818. The van der Waals surface area contributed by atoms with Crippen molar-refractivity contribution in [2.24, 2.45) is 0 Å². The number of ether oxygens (including phenoxy) is 5. The number of aromatic nitrogens is 2. The Morgan fingerprint density at radius 3 is 2.27 bits per heavy atom. The van der Waals surface area contributed by atoms with Crippen molar-refractivity contribution in [2.45, 2.75) is 95.7 Å². The van der Waals surface area contributed by atoms with Crippen LogP contribution < -0.4 is 9.64 Å². The number of nitrogens with zero attached hydrogens (tertiary/aromatic N) is 4. The molecule has 3 saturated heterocycles. The zero-order valence-corrected chi connectivity index (χ0v) is 31.9. The van der Waals surface area contributed by atoms with Crippen LogP contribution in [0.15, 0.2) is 36.4 Å². The van der Waals surface area contributed by atoms with Crippen molar-refractivity contribution in [2.75, 3.05) is 51.0 Å². The van der Waals surface area contributed by atoms with E-state index >= 15 is 0 Å². The van der Waals surface area contributed by atoms with Gasteiger partial charge in [-0.25, -0.2) is 4.85 Å². The highest BCUT2D eigenvalue weighted by Gasteiger charge is 2.52. The Bertz CT molecular complexity index is 1620. The van der Waals surface area contributed by atoms with Crippen LogP contribution in [-0.2, 0) is 30.1 Å². The molecule has 0 amide bonds. The molecule has 260 valence electrons. The highest BCUT2D eigenvalue weighted by Crippen LogP contribution is 2.41. The van der Waals surface area contributed by atoms with Gasteiger partial charge in [0, 0.05) is 39.5 Å². The van der Waals surface area contributed by atoms with Crippen molar-refractivity contribution in [3.63, 3.8) is 0 Å². The summed E-state index contributed by atoms with van der Waals surface area (Å²) in [4.78, 5) is 11.3. The van der Waals surface area contributed by atoms with Gasteiger partial charge in [-0.3, -0.25) is 9.55 Å². The van der Waals surface area contributed by atoms with E-state index in [-0.39, 0.29) is 29.5 Å². The average Bonchev–Trinajstić information content (AvgIpc) is 3.72. The van der Waals surface area contributed by atoms with Crippen LogP contribution in [-0.4, -0.2) is 96.5 Å². The van der Waals surface area contributed by atoms with Crippen molar-refractivity contribution in [1.82, 2.24) is 9.55 Å². The molecule has 0 spiro atoms. The first-order valence-electron chi connectivity index (χ1n) is 17.2. The van der Waals surface area contributed by atoms with Crippen LogP contribution in [0.2, 0.25) is 43.8 Å². The first kappa shape index (κ1) is 35.1. The Morgan fingerprint density at radius 2 is 1.62 bits per heavy atom. The minimum atomic E-state index is -2.00. The van der Waals surface area contributed by atoms with E-state index < -0.39 is 16.4 Å². The molecule has 0 bridgehead atoms. The molecule has 48 heavy (non-hydrogen) atoms. The maximum Gasteiger partial charge on any atom is 0.215 e. The monoisotopic (exact) mass is 692 g/mol. The molecule has 0 unspecified atom stereocenters. The summed E-state index contributed by atoms with van der Waals surface area (Å²) in [5, 5.41) is 0.0941. The topological polar surface area (TPSA) is 80.8 Å². The first-order valence-corrected chi connectivity index (χ1v) is 23.9. The van der Waals surface area contributed by atoms with Crippen LogP contribution in [0.1, 0.15) is 20.8 Å². The van der Waals surface area contributed by atoms with E-state index in [4.69, 9.17) is 39.7 Å². The van der Waals surface area contributed by atoms with Crippen molar-refractivity contribution >= 4 is 38.8 Å². The molecule has 6 rings (SSSR count). The second-order valence-electron chi connectivity index (χ2n) is 15.9. The second kappa shape index (κ2) is 13.9. The lowest BCUT2D eigenvalue weighted by atomic mass is 10.1. The first-order chi connectivity index (χ1) is 22.7. The molecule has 0 aliphatic carbocycles. The fraction of sp³-hybridized carbons (Fsp3) is 0.611. The molecule has 1 aromatic carbocycles. The molecular formula is C36H52N4O6Si2. The third-order valence-corrected chi connectivity index (χ3v) is 16.4. The van der Waals surface area contributed by atoms with Gasteiger partial charge in [0.15, 0.2) is 20.3 Å². The minimum absolute atomic E-state index is 0.0941. The highest BCUT2D eigenvalue weighted by atomic mass is 28.4. The van der Waals surface area contributed by atoms with Crippen LogP contribution in [0.5, 0.6) is 5.88 Å². The lowest BCUT2D eigenvalue weighted by Gasteiger charge is -2.39. The summed E-state index contributed by atoms with van der Waals surface area (Å²) >= 11 is 0. The van der Waals surface area contributed by atoms with E-state index in [1.165, 1.54) is 0 Å². The van der Waals surface area contributed by atoms with Crippen LogP contribution in [0.25, 0.3) is 27.1 Å². The van der Waals surface area contributed by atoms with Gasteiger partial charge >= 0.3 is 0 Å². The summed E-state index contributed by atoms with van der Waals surface area (Å²) in [5.41, 5.74) is 4.75. The summed E-state index contributed by atoms with van der Waals surface area (Å²) in [6.45, 7) is 31.4. The third kappa shape index (κ3) is 7.52. The molecule has 4 atom stereocenters. The molecular weight excluding hydrogens is 641 g/mol. The zero-order valence-electron chi connectivity index (χ0n) is 29.9. The van der Waals surface area contributed by atoms with Gasteiger partial charge in [0.2, 0.25) is 5.69 Å². The van der Waals surface area contributed by atoms with E-state index in [1.807, 2.05) is 16.7 Å². The molecule has 12 heteroatoms. The van der Waals surface area contributed by atoms with Crippen molar-refractivity contribution in [1.29, 1.82) is 0 Å². The van der Waals surface area contributed by atoms with Crippen LogP contribution >= 0.6 is 0 Å². The van der Waals surface area contributed by atoms with Gasteiger partial charge in [-0.05, 0) is 47.9 Å². The fourth-order valence-corrected chi connectivity index (χ4v) is 8.27. The van der Waals surface area contributed by atoms with Crippen LogP contribution in [0, 0.1) is 6.57 Å². The Labute approximate surface area is 287 Å². The lowest BCUT2D eigenvalue weighted by Crippen LogP contribution is -2.47. The number of rotatable bonds is 11. The van der Waals surface area contributed by atoms with Gasteiger partial charge in [-0.15, -0.1) is 0 Å². The average molecular weight is 693 g/mol. The maximum atomic E-state index is 8.06. The summed E-state index contributed by atoms with van der Waals surface area (Å²) in [6, 6.07) is 13.2. The van der Waals surface area contributed by atoms with E-state index in [2.05, 4.69) is 87.5 Å². The minimum Gasteiger partial charge on any atom is -0.470 e. The van der Waals surface area contributed by atoms with Gasteiger partial charge in [0.05, 0.1) is 55.8 Å². The van der Waals surface area contributed by atoms with Gasteiger partial charge < -0.3 is 33.0 Å². The van der Waals surface area contributed by atoms with E-state index in [0.717, 1.165) is 54.6 Å². The Kier molecular flexibility index (Phi) is 10.1. The molecule has 10 nitrogen and oxygen atoms in total. The fourth-order valence-electron chi connectivity index (χ4n) is 6.20. The van der Waals surface area contributed by atoms with E-state index in [1.54, 1.807) is 0 Å². The number of morpholine rings is 1. The second-order valence-corrected chi connectivity index (χ2v) is 26.3. The summed E-state index contributed by atoms with van der Waals surface area (Å²) in [7, 11) is -3.27. The van der Waals surface area contributed by atoms with E-state index in [0.29, 0.717) is 43.8 Å². The highest BCUT2D eigenvalue weighted by molar-refractivity contribution is 6.76. The van der Waals surface area contributed by atoms with Gasteiger partial charge in [-0.2, -0.15) is 0 Å². The van der Waals surface area contributed by atoms with Gasteiger partial charge in [-0.1, -0.05) is 52.5 Å². The normalized spacial score (nSPS) is 23.4. The molecule has 0 N–H and O–H groups in total.